The van der Waals surface area contributed by atoms with Gasteiger partial charge in [0.2, 0.25) is 10.0 Å². The molecule has 4 aliphatic rings. The van der Waals surface area contributed by atoms with Crippen molar-refractivity contribution in [3.8, 4) is 5.75 Å². The van der Waals surface area contributed by atoms with Crippen molar-refractivity contribution in [2.75, 3.05) is 45.4 Å². The normalized spacial score (nSPS) is 30.5. The van der Waals surface area contributed by atoms with Crippen molar-refractivity contribution in [3.63, 3.8) is 0 Å². The summed E-state index contributed by atoms with van der Waals surface area (Å²) < 4.78 is 47.1. The van der Waals surface area contributed by atoms with Crippen molar-refractivity contribution in [1.82, 2.24) is 4.72 Å². The van der Waals surface area contributed by atoms with Crippen LogP contribution in [0.5, 0.6) is 5.75 Å². The van der Waals surface area contributed by atoms with E-state index in [0.29, 0.717) is 37.2 Å². The van der Waals surface area contributed by atoms with Crippen LogP contribution in [0.2, 0.25) is 5.02 Å². The maximum atomic E-state index is 13.6. The molecule has 2 aliphatic heterocycles. The Morgan fingerprint density at radius 3 is 2.78 bits per heavy atom. The van der Waals surface area contributed by atoms with Crippen molar-refractivity contribution < 1.29 is 32.5 Å². The minimum absolute atomic E-state index is 0.00425. The van der Waals surface area contributed by atoms with E-state index in [1.54, 1.807) is 25.3 Å². The first-order valence-corrected chi connectivity index (χ1v) is 18.3. The summed E-state index contributed by atoms with van der Waals surface area (Å²) in [7, 11) is -0.943. The molecule has 1 unspecified atom stereocenters. The second kappa shape index (κ2) is 13.8. The lowest BCUT2D eigenvalue weighted by Crippen LogP contribution is -2.49. The average molecular weight is 673 g/mol. The Hall–Kier alpha value is -2.63. The number of amides is 1. The minimum Gasteiger partial charge on any atom is -0.490 e. The van der Waals surface area contributed by atoms with Crippen molar-refractivity contribution >= 4 is 33.2 Å². The molecular weight excluding hydrogens is 628 g/mol. The molecule has 2 N–H and O–H groups in total. The molecule has 250 valence electrons. The number of nitrogens with one attached hydrogen (secondary N) is 1. The van der Waals surface area contributed by atoms with E-state index in [4.69, 9.17) is 25.8 Å². The zero-order chi connectivity index (χ0) is 32.5. The van der Waals surface area contributed by atoms with E-state index in [9.17, 15) is 18.3 Å². The summed E-state index contributed by atoms with van der Waals surface area (Å²) in [5, 5.41) is 10.2. The molecule has 0 radical (unpaired) electrons. The van der Waals surface area contributed by atoms with Gasteiger partial charge in [0.05, 0.1) is 36.4 Å². The van der Waals surface area contributed by atoms with Gasteiger partial charge in [-0.2, -0.15) is 0 Å². The number of sulfonamides is 1. The number of fused-ring (bicyclic) bond motifs is 4. The molecule has 2 aromatic rings. The molecule has 6 atom stereocenters. The van der Waals surface area contributed by atoms with E-state index in [-0.39, 0.29) is 36.5 Å². The lowest BCUT2D eigenvalue weighted by atomic mass is 9.68. The number of hydrogen-bond donors (Lipinski definition) is 2. The third-order valence-electron chi connectivity index (χ3n) is 10.5. The number of halogens is 1. The molecule has 1 fully saturated rings. The van der Waals surface area contributed by atoms with E-state index in [2.05, 4.69) is 27.8 Å². The maximum absolute atomic E-state index is 13.6. The number of aryl methyl sites for hydroxylation is 1. The highest BCUT2D eigenvalue weighted by Gasteiger charge is 2.44. The maximum Gasteiger partial charge on any atom is 0.264 e. The quantitative estimate of drug-likeness (QED) is 0.426. The highest BCUT2D eigenvalue weighted by Crippen LogP contribution is 2.47. The van der Waals surface area contributed by atoms with Crippen LogP contribution in [0.1, 0.15) is 66.4 Å². The summed E-state index contributed by atoms with van der Waals surface area (Å²) in [6, 6.07) is 11.4. The first-order valence-electron chi connectivity index (χ1n) is 16.4. The van der Waals surface area contributed by atoms with Crippen LogP contribution >= 0.6 is 11.6 Å². The first-order chi connectivity index (χ1) is 22.1. The summed E-state index contributed by atoms with van der Waals surface area (Å²) in [4.78, 5) is 15.9. The van der Waals surface area contributed by atoms with Crippen molar-refractivity contribution in [2.24, 2.45) is 11.8 Å². The number of aliphatic hydroxyl groups is 1. The lowest BCUT2D eigenvalue weighted by molar-refractivity contribution is 0.0131. The predicted molar refractivity (Wildman–Crippen MR) is 178 cm³/mol. The molecule has 6 rings (SSSR count). The minimum atomic E-state index is -4.13. The monoisotopic (exact) mass is 672 g/mol. The summed E-state index contributed by atoms with van der Waals surface area (Å²) in [5.74, 6) is 0.658. The third-order valence-corrected chi connectivity index (χ3v) is 12.5. The zero-order valence-electron chi connectivity index (χ0n) is 26.6. The number of nitrogens with zero attached hydrogens (tertiary/aromatic N) is 1. The number of anilines is 1. The number of methoxy groups -OCH3 is 2. The van der Waals surface area contributed by atoms with Crippen LogP contribution in [-0.4, -0.2) is 77.4 Å². The number of carbonyl (C=O) groups is 1. The Morgan fingerprint density at radius 1 is 1.17 bits per heavy atom. The molecule has 46 heavy (non-hydrogen) atoms. The van der Waals surface area contributed by atoms with Gasteiger partial charge in [-0.25, -0.2) is 13.1 Å². The summed E-state index contributed by atoms with van der Waals surface area (Å²) in [6.07, 6.45) is 8.67. The van der Waals surface area contributed by atoms with Gasteiger partial charge < -0.3 is 24.2 Å². The van der Waals surface area contributed by atoms with Crippen molar-refractivity contribution in [3.05, 3.63) is 70.3 Å². The van der Waals surface area contributed by atoms with Crippen molar-refractivity contribution in [1.29, 1.82) is 0 Å². The topological polar surface area (TPSA) is 114 Å². The molecule has 2 heterocycles. The molecule has 11 heteroatoms. The molecular formula is C35H45ClN2O7S. The van der Waals surface area contributed by atoms with Gasteiger partial charge in [0.1, 0.15) is 5.75 Å². The van der Waals surface area contributed by atoms with Crippen molar-refractivity contribution in [2.45, 2.75) is 74.2 Å². The molecule has 1 amide bonds. The Balaban J connectivity index is 1.39. The fraction of sp³-hybridized carbons (Fsp3) is 0.571. The lowest BCUT2D eigenvalue weighted by Gasteiger charge is -2.46. The molecule has 2 bridgehead atoms. The van der Waals surface area contributed by atoms with Crippen LogP contribution in [0, 0.1) is 11.8 Å². The Morgan fingerprint density at radius 2 is 2.02 bits per heavy atom. The van der Waals surface area contributed by atoms with Gasteiger partial charge in [-0.05, 0) is 105 Å². The van der Waals surface area contributed by atoms with E-state index in [1.807, 2.05) is 12.1 Å². The number of benzene rings is 2. The van der Waals surface area contributed by atoms with Crippen LogP contribution in [0.3, 0.4) is 0 Å². The van der Waals surface area contributed by atoms with E-state index in [1.165, 1.54) is 18.2 Å². The number of carbonyl (C=O) groups excluding carboxylic acids is 1. The third kappa shape index (κ3) is 6.83. The van der Waals surface area contributed by atoms with Crippen LogP contribution < -0.4 is 14.4 Å². The Labute approximate surface area is 277 Å². The fourth-order valence-electron chi connectivity index (χ4n) is 7.94. The highest BCUT2D eigenvalue weighted by molar-refractivity contribution is 7.90. The number of aliphatic hydroxyl groups excluding tert-OH is 1. The predicted octanol–water partition coefficient (Wildman–Crippen LogP) is 5.03. The average Bonchev–Trinajstić information content (AvgIpc) is 3.16. The second-order valence-electron chi connectivity index (χ2n) is 13.4. The smallest absolute Gasteiger partial charge is 0.264 e. The van der Waals surface area contributed by atoms with Gasteiger partial charge in [0.25, 0.3) is 5.91 Å². The van der Waals surface area contributed by atoms with E-state index >= 15 is 0 Å². The summed E-state index contributed by atoms with van der Waals surface area (Å²) in [5.41, 5.74) is 3.28. The zero-order valence-corrected chi connectivity index (χ0v) is 28.2. The Bertz CT molecular complexity index is 1570. The van der Waals surface area contributed by atoms with Gasteiger partial charge >= 0.3 is 0 Å². The molecule has 2 aliphatic carbocycles. The van der Waals surface area contributed by atoms with Gasteiger partial charge in [0.15, 0.2) is 0 Å². The van der Waals surface area contributed by atoms with Gasteiger partial charge in [0, 0.05) is 43.3 Å². The fourth-order valence-corrected chi connectivity index (χ4v) is 9.60. The molecule has 9 nitrogen and oxygen atoms in total. The molecule has 0 saturated heterocycles. The van der Waals surface area contributed by atoms with E-state index < -0.39 is 27.3 Å². The van der Waals surface area contributed by atoms with Crippen LogP contribution in [0.15, 0.2) is 48.6 Å². The number of rotatable bonds is 5. The van der Waals surface area contributed by atoms with E-state index in [0.717, 1.165) is 49.4 Å². The first kappa shape index (κ1) is 33.3. The van der Waals surface area contributed by atoms with Gasteiger partial charge in [-0.15, -0.1) is 0 Å². The SMILES string of the molecule is COC[C@H](O)C[C@H]1CC/C=C/[C@H](OC)[C@@H]2CCC2CN2C[C@@]3(CCCc4cc(Cl)ccc43)COc3ccc(cc32)C(=O)NS1(=O)=O. The van der Waals surface area contributed by atoms with Gasteiger partial charge in [-0.1, -0.05) is 29.8 Å². The standard InChI is InChI=1S/C35H45ClN2O7S/c1-43-20-27(39)18-28-7-3-4-8-32(44-2)29-12-9-25(29)19-38-21-35(15-5-6-23-16-26(36)11-13-30(23)35)22-45-33-14-10-24(17-31(33)38)34(40)37-46(28,41)42/h4,8,10-11,13-14,16-17,25,27-29,32,39H,3,5-7,9,12,15,18-22H2,1-2H3,(H,37,40)/b8-4+/t25?,27-,28-,29-,32+,35+/m1/s1. The highest BCUT2D eigenvalue weighted by atomic mass is 35.5. The second-order valence-corrected chi connectivity index (χ2v) is 15.8. The number of hydrogen-bond acceptors (Lipinski definition) is 8. The van der Waals surface area contributed by atoms with Crippen LogP contribution in [0.4, 0.5) is 5.69 Å². The Kier molecular flexibility index (Phi) is 10.0. The largest absolute Gasteiger partial charge is 0.490 e. The molecule has 2 aromatic carbocycles. The molecule has 1 saturated carbocycles. The van der Waals surface area contributed by atoms with Gasteiger partial charge in [-0.3, -0.25) is 4.79 Å². The summed E-state index contributed by atoms with van der Waals surface area (Å²) in [6.45, 7) is 1.97. The van der Waals surface area contributed by atoms with Crippen LogP contribution in [-0.2, 0) is 31.3 Å². The van der Waals surface area contributed by atoms with Crippen LogP contribution in [0.25, 0.3) is 0 Å². The number of allylic oxidation sites excluding steroid dienone is 1. The molecule has 0 aromatic heterocycles. The molecule has 1 spiro atoms. The number of ether oxygens (including phenoxy) is 3. The summed E-state index contributed by atoms with van der Waals surface area (Å²) >= 11 is 6.42.